The number of phenols is 6. The Morgan fingerprint density at radius 3 is 1.44 bits per heavy atom. The number of hydrogen-bond acceptors (Lipinski definition) is 14. The van der Waals surface area contributed by atoms with E-state index in [4.69, 9.17) is 9.47 Å². The van der Waals surface area contributed by atoms with Crippen molar-refractivity contribution in [2.24, 2.45) is 0 Å². The van der Waals surface area contributed by atoms with Gasteiger partial charge in [0.05, 0.1) is 16.7 Å². The molecular weight excluding hydrogens is 642 g/mol. The topological polar surface area (TPSA) is 299 Å². The lowest BCUT2D eigenvalue weighted by Gasteiger charge is -2.20. The fourth-order valence-electron chi connectivity index (χ4n) is 3.73. The van der Waals surface area contributed by atoms with Crippen LogP contribution in [0.5, 0.6) is 34.5 Å². The smallest absolute Gasteiger partial charge is 0.354 e. The maximum atomic E-state index is 13.0. The zero-order chi connectivity index (χ0) is 35.7. The van der Waals surface area contributed by atoms with Crippen LogP contribution in [0.2, 0.25) is 0 Å². The van der Waals surface area contributed by atoms with E-state index in [0.29, 0.717) is 0 Å². The van der Waals surface area contributed by atoms with E-state index in [1.54, 1.807) is 0 Å². The highest BCUT2D eigenvalue weighted by molar-refractivity contribution is 6.03. The molecule has 0 aliphatic rings. The van der Waals surface area contributed by atoms with Crippen LogP contribution >= 0.6 is 0 Å². The third-order valence-corrected chi connectivity index (χ3v) is 6.26. The molecule has 0 radical (unpaired) electrons. The number of carbonyl (C=O) groups excluding carboxylic acids is 5. The molecule has 3 rings (SSSR count). The van der Waals surface area contributed by atoms with Crippen LogP contribution in [0.15, 0.2) is 66.9 Å². The number of nitrogens with one attached hydrogen (secondary N) is 3. The molecule has 0 aliphatic carbocycles. The summed E-state index contributed by atoms with van der Waals surface area (Å²) in [6.07, 6.45) is 0. The zero-order valence-corrected chi connectivity index (χ0v) is 24.4. The number of carboxylic acid groups (broad SMARTS) is 1. The largest absolute Gasteiger partial charge is 0.504 e. The highest BCUT2D eigenvalue weighted by Gasteiger charge is 2.30. The summed E-state index contributed by atoms with van der Waals surface area (Å²) in [5.74, 6) is -12.5. The molecule has 10 N–H and O–H groups in total. The molecule has 0 aromatic heterocycles. The lowest BCUT2D eigenvalue weighted by Crippen LogP contribution is -2.49. The minimum atomic E-state index is -1.94. The molecule has 0 saturated heterocycles. The van der Waals surface area contributed by atoms with Crippen LogP contribution in [0.4, 0.5) is 0 Å². The van der Waals surface area contributed by atoms with E-state index in [0.717, 1.165) is 36.4 Å². The van der Waals surface area contributed by atoms with E-state index in [1.165, 1.54) is 18.2 Å². The molecule has 0 fully saturated rings. The van der Waals surface area contributed by atoms with Gasteiger partial charge in [-0.3, -0.25) is 14.4 Å². The van der Waals surface area contributed by atoms with Crippen LogP contribution in [0.3, 0.4) is 0 Å². The number of amides is 3. The first-order valence-corrected chi connectivity index (χ1v) is 13.3. The molecule has 3 aromatic rings. The minimum absolute atomic E-state index is 0.442. The Balaban J connectivity index is 1.74. The lowest BCUT2D eigenvalue weighted by atomic mass is 10.1. The van der Waals surface area contributed by atoms with Gasteiger partial charge in [0, 0.05) is 0 Å². The van der Waals surface area contributed by atoms with Gasteiger partial charge in [-0.25, -0.2) is 14.4 Å². The van der Waals surface area contributed by atoms with Gasteiger partial charge in [-0.2, -0.15) is 0 Å². The Labute approximate surface area is 269 Å². The van der Waals surface area contributed by atoms with Gasteiger partial charge in [-0.05, 0) is 36.4 Å². The number of carboxylic acids is 1. The molecule has 0 unspecified atom stereocenters. The van der Waals surface area contributed by atoms with Crippen LogP contribution in [0.1, 0.15) is 31.1 Å². The third kappa shape index (κ3) is 8.59. The van der Waals surface area contributed by atoms with E-state index in [2.05, 4.69) is 11.9 Å². The van der Waals surface area contributed by atoms with E-state index in [-0.39, 0.29) is 0 Å². The van der Waals surface area contributed by atoms with Gasteiger partial charge >= 0.3 is 17.9 Å². The maximum absolute atomic E-state index is 13.0. The average molecular weight is 670 g/mol. The first kappa shape index (κ1) is 35.5. The van der Waals surface area contributed by atoms with Crippen LogP contribution in [-0.4, -0.2) is 96.7 Å². The van der Waals surface area contributed by atoms with Crippen molar-refractivity contribution < 1.29 is 74.0 Å². The van der Waals surface area contributed by atoms with Gasteiger partial charge in [0.25, 0.3) is 17.7 Å². The fraction of sp³-hybridized carbons (Fsp3) is 0.133. The second-order valence-corrected chi connectivity index (χ2v) is 9.57. The summed E-state index contributed by atoms with van der Waals surface area (Å²) in [7, 11) is 0. The summed E-state index contributed by atoms with van der Waals surface area (Å²) in [5, 5.41) is 74.3. The Morgan fingerprint density at radius 1 is 0.604 bits per heavy atom. The monoisotopic (exact) mass is 669 g/mol. The van der Waals surface area contributed by atoms with Gasteiger partial charge in [0.15, 0.2) is 46.6 Å². The standard InChI is InChI=1S/C30H27N3O15/c1-13(31-25(40)14-5-2-8-19(34)22(14)37)29(45)47-12-18(33-27(42)16-7-4-10-21(36)24(16)39)30(46)48-11-17(28(43)44)32-26(41)15-6-3-9-20(35)23(15)38/h2-10,17-18,34-39H,1,11-12H2,(H,31,40)(H,32,41)(H,33,42)(H,43,44)/t17-,18-/m0/s1. The summed E-state index contributed by atoms with van der Waals surface area (Å²) in [5.41, 5.74) is -2.22. The summed E-state index contributed by atoms with van der Waals surface area (Å²) in [6, 6.07) is 6.14. The van der Waals surface area contributed by atoms with Crippen molar-refractivity contribution in [3.8, 4) is 34.5 Å². The molecule has 0 spiro atoms. The van der Waals surface area contributed by atoms with E-state index < -0.39 is 118 Å². The number of benzene rings is 3. The van der Waals surface area contributed by atoms with Gasteiger partial charge in [-0.15, -0.1) is 0 Å². The SMILES string of the molecule is C=C(NC(=O)c1cccc(O)c1O)C(=O)OC[C@H](NC(=O)c1cccc(O)c1O)C(=O)OC[C@H](NC(=O)c1cccc(O)c1O)C(=O)O. The lowest BCUT2D eigenvalue weighted by molar-refractivity contribution is -0.152. The summed E-state index contributed by atoms with van der Waals surface area (Å²) in [4.78, 5) is 75.1. The van der Waals surface area contributed by atoms with Crippen LogP contribution in [0.25, 0.3) is 0 Å². The predicted octanol–water partition coefficient (Wildman–Crippen LogP) is -0.0681. The number of aliphatic carboxylic acids is 1. The summed E-state index contributed by atoms with van der Waals surface area (Å²) in [6.45, 7) is 1.19. The molecule has 0 aliphatic heterocycles. The molecule has 18 heteroatoms. The molecular formula is C30H27N3O15. The van der Waals surface area contributed by atoms with Crippen molar-refractivity contribution in [2.75, 3.05) is 13.2 Å². The quantitative estimate of drug-likeness (QED) is 0.0647. The van der Waals surface area contributed by atoms with Gasteiger partial charge < -0.3 is 61.2 Å². The third-order valence-electron chi connectivity index (χ3n) is 6.26. The molecule has 3 aromatic carbocycles. The van der Waals surface area contributed by atoms with Gasteiger partial charge in [0.1, 0.15) is 18.9 Å². The van der Waals surface area contributed by atoms with E-state index in [9.17, 15) is 64.5 Å². The van der Waals surface area contributed by atoms with Crippen LogP contribution < -0.4 is 16.0 Å². The van der Waals surface area contributed by atoms with Crippen molar-refractivity contribution in [3.05, 3.63) is 83.6 Å². The van der Waals surface area contributed by atoms with Crippen molar-refractivity contribution >= 4 is 35.6 Å². The Kier molecular flexibility index (Phi) is 11.3. The summed E-state index contributed by atoms with van der Waals surface area (Å²) < 4.78 is 9.88. The van der Waals surface area contributed by atoms with Crippen molar-refractivity contribution in [2.45, 2.75) is 12.1 Å². The normalized spacial score (nSPS) is 11.7. The Morgan fingerprint density at radius 2 is 1.00 bits per heavy atom. The fourth-order valence-corrected chi connectivity index (χ4v) is 3.73. The molecule has 0 bridgehead atoms. The van der Waals surface area contributed by atoms with E-state index >= 15 is 0 Å². The molecule has 18 nitrogen and oxygen atoms in total. The summed E-state index contributed by atoms with van der Waals surface area (Å²) >= 11 is 0. The van der Waals surface area contributed by atoms with Crippen molar-refractivity contribution in [3.63, 3.8) is 0 Å². The second kappa shape index (κ2) is 15.3. The van der Waals surface area contributed by atoms with E-state index in [1.807, 2.05) is 10.6 Å². The number of phenolic OH excluding ortho intramolecular Hbond substituents is 6. The number of hydrogen-bond donors (Lipinski definition) is 10. The highest BCUT2D eigenvalue weighted by Crippen LogP contribution is 2.30. The molecule has 48 heavy (non-hydrogen) atoms. The average Bonchev–Trinajstić information content (AvgIpc) is 3.04. The number of carbonyl (C=O) groups is 6. The highest BCUT2D eigenvalue weighted by atomic mass is 16.6. The van der Waals surface area contributed by atoms with Gasteiger partial charge in [0.2, 0.25) is 0 Å². The van der Waals surface area contributed by atoms with Gasteiger partial charge in [-0.1, -0.05) is 24.8 Å². The number of ether oxygens (including phenoxy) is 2. The first-order chi connectivity index (χ1) is 22.6. The molecule has 0 saturated carbocycles. The molecule has 0 heterocycles. The van der Waals surface area contributed by atoms with Crippen molar-refractivity contribution in [1.29, 1.82) is 0 Å². The maximum Gasteiger partial charge on any atom is 0.354 e. The minimum Gasteiger partial charge on any atom is -0.504 e. The van der Waals surface area contributed by atoms with Crippen LogP contribution in [-0.2, 0) is 23.9 Å². The number of aromatic hydroxyl groups is 6. The Bertz CT molecular complexity index is 1790. The second-order valence-electron chi connectivity index (χ2n) is 9.57. The number of esters is 2. The Hall–Kier alpha value is -6.98. The molecule has 252 valence electrons. The number of para-hydroxylation sites is 3. The number of rotatable bonds is 13. The van der Waals surface area contributed by atoms with Crippen LogP contribution in [0, 0.1) is 0 Å². The van der Waals surface area contributed by atoms with Crippen molar-refractivity contribution in [1.82, 2.24) is 16.0 Å². The predicted molar refractivity (Wildman–Crippen MR) is 158 cm³/mol. The zero-order valence-electron chi connectivity index (χ0n) is 24.4. The molecule has 3 amide bonds. The first-order valence-electron chi connectivity index (χ1n) is 13.3. The molecule has 2 atom stereocenters.